The summed E-state index contributed by atoms with van der Waals surface area (Å²) in [6, 6.07) is 10.6. The van der Waals surface area contributed by atoms with Gasteiger partial charge in [0.15, 0.2) is 0 Å². The molecule has 2 unspecified atom stereocenters. The molecule has 2 atom stereocenters. The van der Waals surface area contributed by atoms with Gasteiger partial charge in [-0.15, -0.1) is 0 Å². The zero-order valence-electron chi connectivity index (χ0n) is 15.4. The van der Waals surface area contributed by atoms with Crippen molar-refractivity contribution in [2.24, 2.45) is 0 Å². The monoisotopic (exact) mass is 439 g/mol. The van der Waals surface area contributed by atoms with E-state index in [2.05, 4.69) is 58.0 Å². The number of benzene rings is 1. The number of rotatable bonds is 3. The smallest absolute Gasteiger partial charge is 1.00 e. The normalized spacial score (nSPS) is 19.7. The molecule has 136 valence electrons. The predicted octanol–water partition coefficient (Wildman–Crippen LogP) is 1.14. The standard InChI is InChI=1S/C15H17.C5H12O2.ClH.Rh/c1-10-11(2)13(4)15(12(10)3)14-8-6-5-7-9-14;1-4(6)3-5(2)7;;/h5-9H,1-4H3;4-7H,3H2,1-2H3;1H;/q;;;+2/p-1. The molecule has 2 N–H and O–H groups in total. The maximum atomic E-state index is 8.56. The molecule has 0 bridgehead atoms. The maximum absolute atomic E-state index is 8.56. The van der Waals surface area contributed by atoms with E-state index in [0.29, 0.717) is 6.42 Å². The number of aliphatic hydroxyl groups is 2. The second-order valence-electron chi connectivity index (χ2n) is 6.17. The fourth-order valence-corrected chi connectivity index (χ4v) is 2.75. The van der Waals surface area contributed by atoms with E-state index < -0.39 is 0 Å². The summed E-state index contributed by atoms with van der Waals surface area (Å²) in [6.07, 6.45) is -0.278. The zero-order chi connectivity index (χ0) is 16.9. The quantitative estimate of drug-likeness (QED) is 0.694. The maximum Gasteiger partial charge on any atom is 2.00 e. The minimum absolute atomic E-state index is 0. The van der Waals surface area contributed by atoms with Crippen LogP contribution in [0.25, 0.3) is 0 Å². The third-order valence-electron chi connectivity index (χ3n) is 4.18. The molecule has 1 aromatic carbocycles. The van der Waals surface area contributed by atoms with Crippen molar-refractivity contribution in [2.45, 2.75) is 60.2 Å². The van der Waals surface area contributed by atoms with Crippen molar-refractivity contribution in [3.8, 4) is 0 Å². The number of halogens is 1. The molecule has 1 aromatic rings. The van der Waals surface area contributed by atoms with Crippen molar-refractivity contribution in [1.82, 2.24) is 0 Å². The van der Waals surface area contributed by atoms with Gasteiger partial charge in [-0.25, -0.2) is 0 Å². The summed E-state index contributed by atoms with van der Waals surface area (Å²) < 4.78 is 0. The van der Waals surface area contributed by atoms with Crippen LogP contribution in [0.1, 0.15) is 53.5 Å². The average molecular weight is 440 g/mol. The molecule has 1 aliphatic rings. The third kappa shape index (κ3) is 7.52. The van der Waals surface area contributed by atoms with Crippen LogP contribution in [-0.4, -0.2) is 22.4 Å². The summed E-state index contributed by atoms with van der Waals surface area (Å²) in [4.78, 5) is 0. The Kier molecular flexibility index (Phi) is 13.6. The molecule has 0 amide bonds. The van der Waals surface area contributed by atoms with E-state index in [-0.39, 0.29) is 44.1 Å². The molecular formula is C20H29ClO2Rh+. The van der Waals surface area contributed by atoms with Crippen LogP contribution in [0.15, 0.2) is 30.3 Å². The summed E-state index contributed by atoms with van der Waals surface area (Å²) in [5, 5.41) is 17.1. The molecule has 4 heteroatoms. The van der Waals surface area contributed by atoms with Crippen LogP contribution in [-0.2, 0) is 19.5 Å². The van der Waals surface area contributed by atoms with Crippen molar-refractivity contribution in [1.29, 1.82) is 0 Å². The first-order chi connectivity index (χ1) is 10.3. The Balaban J connectivity index is 0. The van der Waals surface area contributed by atoms with Crippen LogP contribution in [0.3, 0.4) is 0 Å². The zero-order valence-corrected chi connectivity index (χ0v) is 17.7. The van der Waals surface area contributed by atoms with Crippen LogP contribution in [0.2, 0.25) is 0 Å². The van der Waals surface area contributed by atoms with Crippen molar-refractivity contribution < 1.29 is 42.1 Å². The molecule has 0 aromatic heterocycles. The van der Waals surface area contributed by atoms with Gasteiger partial charge >= 0.3 is 19.5 Å². The number of aliphatic hydroxyl groups excluding tert-OH is 2. The van der Waals surface area contributed by atoms with Gasteiger partial charge in [0.2, 0.25) is 0 Å². The van der Waals surface area contributed by atoms with Crippen molar-refractivity contribution >= 4 is 0 Å². The van der Waals surface area contributed by atoms with E-state index in [1.165, 1.54) is 35.2 Å². The molecule has 2 nitrogen and oxygen atoms in total. The van der Waals surface area contributed by atoms with E-state index in [1.807, 2.05) is 0 Å². The van der Waals surface area contributed by atoms with Crippen LogP contribution in [0.4, 0.5) is 0 Å². The molecule has 6 radical (unpaired) electrons. The van der Waals surface area contributed by atoms with Gasteiger partial charge in [-0.3, -0.25) is 0 Å². The van der Waals surface area contributed by atoms with Gasteiger partial charge in [-0.2, -0.15) is 0 Å². The van der Waals surface area contributed by atoms with Crippen molar-refractivity contribution in [3.05, 3.63) is 65.5 Å². The predicted molar refractivity (Wildman–Crippen MR) is 92.4 cm³/mol. The summed E-state index contributed by atoms with van der Waals surface area (Å²) in [5.74, 6) is 7.15. The Morgan fingerprint density at radius 2 is 1.12 bits per heavy atom. The van der Waals surface area contributed by atoms with E-state index >= 15 is 0 Å². The first kappa shape index (κ1) is 26.3. The van der Waals surface area contributed by atoms with Gasteiger partial charge in [0.25, 0.3) is 0 Å². The SMILES string of the molecule is CC(O)CC(C)O.C[C]1[C](C)[C](C)[C](c2ccccc2)[C]1C.[Cl-].[Rh+2]. The number of hydrogen-bond donors (Lipinski definition) is 2. The van der Waals surface area contributed by atoms with Gasteiger partial charge < -0.3 is 22.6 Å². The van der Waals surface area contributed by atoms with E-state index in [1.54, 1.807) is 13.8 Å². The molecule has 2 rings (SSSR count). The summed E-state index contributed by atoms with van der Waals surface area (Å²) in [5.41, 5.74) is 1.34. The molecule has 0 heterocycles. The van der Waals surface area contributed by atoms with Crippen molar-refractivity contribution in [3.63, 3.8) is 0 Å². The Hall–Kier alpha value is 0.0534. The molecule has 0 aliphatic heterocycles. The van der Waals surface area contributed by atoms with Crippen LogP contribution >= 0.6 is 0 Å². The molecule has 1 saturated carbocycles. The van der Waals surface area contributed by atoms with Crippen LogP contribution in [0, 0.1) is 29.6 Å². The van der Waals surface area contributed by atoms with E-state index in [0.717, 1.165) is 0 Å². The first-order valence-electron chi connectivity index (χ1n) is 7.90. The van der Waals surface area contributed by atoms with Gasteiger partial charge in [0.05, 0.1) is 12.2 Å². The fraction of sp³-hybridized carbons (Fsp3) is 0.450. The summed E-state index contributed by atoms with van der Waals surface area (Å²) in [7, 11) is 0. The Bertz CT molecular complexity index is 405. The molecule has 0 saturated heterocycles. The average Bonchev–Trinajstić information content (AvgIpc) is 2.63. The van der Waals surface area contributed by atoms with Crippen LogP contribution < -0.4 is 12.4 Å². The van der Waals surface area contributed by atoms with E-state index in [9.17, 15) is 0 Å². The topological polar surface area (TPSA) is 40.5 Å². The minimum Gasteiger partial charge on any atom is -1.00 e. The molecular weight excluding hydrogens is 411 g/mol. The van der Waals surface area contributed by atoms with Crippen LogP contribution in [0.5, 0.6) is 0 Å². The largest absolute Gasteiger partial charge is 2.00 e. The summed E-state index contributed by atoms with van der Waals surface area (Å²) >= 11 is 0. The Morgan fingerprint density at radius 3 is 1.42 bits per heavy atom. The minimum atomic E-state index is -0.375. The molecule has 1 aliphatic carbocycles. The molecule has 24 heavy (non-hydrogen) atoms. The molecule has 0 spiro atoms. The molecule has 1 fully saturated rings. The van der Waals surface area contributed by atoms with Crippen molar-refractivity contribution in [2.75, 3.05) is 0 Å². The van der Waals surface area contributed by atoms with Gasteiger partial charge in [-0.1, -0.05) is 58.0 Å². The summed E-state index contributed by atoms with van der Waals surface area (Å²) in [6.45, 7) is 12.2. The first-order valence-corrected chi connectivity index (χ1v) is 7.90. The Morgan fingerprint density at radius 1 is 0.750 bits per heavy atom. The van der Waals surface area contributed by atoms with Gasteiger partial charge in [0.1, 0.15) is 0 Å². The van der Waals surface area contributed by atoms with E-state index in [4.69, 9.17) is 10.2 Å². The van der Waals surface area contributed by atoms with Gasteiger partial charge in [-0.05, 0) is 49.5 Å². The fourth-order valence-electron chi connectivity index (χ4n) is 2.75. The van der Waals surface area contributed by atoms with Gasteiger partial charge in [0, 0.05) is 5.92 Å². The second-order valence-corrected chi connectivity index (χ2v) is 6.17. The number of hydrogen-bond acceptors (Lipinski definition) is 2. The second kappa shape index (κ2) is 12.4. The third-order valence-corrected chi connectivity index (χ3v) is 4.18. The Labute approximate surface area is 167 Å².